The fourth-order valence-corrected chi connectivity index (χ4v) is 5.99. The van der Waals surface area contributed by atoms with Gasteiger partial charge in [0, 0.05) is 31.0 Å². The Morgan fingerprint density at radius 3 is 2.62 bits per heavy atom. The van der Waals surface area contributed by atoms with Crippen LogP contribution < -0.4 is 14.3 Å². The Kier molecular flexibility index (Phi) is 6.92. The molecule has 1 atom stereocenters. The molecule has 1 aliphatic rings. The molecule has 1 unspecified atom stereocenters. The van der Waals surface area contributed by atoms with Crippen molar-refractivity contribution in [1.82, 2.24) is 8.87 Å². The fraction of sp³-hybridized carbons (Fsp3) is 0.556. The number of hydrogen-bond donors (Lipinski definition) is 0. The van der Waals surface area contributed by atoms with E-state index in [-0.39, 0.29) is 0 Å². The molecule has 1 aromatic carbocycles. The monoisotopic (exact) mass is 459 g/mol. The summed E-state index contributed by atoms with van der Waals surface area (Å²) in [5, 5.41) is 0. The minimum atomic E-state index is -3.44. The molecular weight excluding hydrogens is 434 g/mol. The maximum absolute atomic E-state index is 12.9. The van der Waals surface area contributed by atoms with E-state index in [0.717, 1.165) is 22.2 Å². The normalized spacial score (nSPS) is 18.5. The number of nitrogens with zero attached hydrogens (tertiary/aromatic N) is 3. The van der Waals surface area contributed by atoms with Gasteiger partial charge in [0.1, 0.15) is 6.04 Å². The first-order valence-electron chi connectivity index (χ1n) is 9.09. The Balaban J connectivity index is 2.10. The van der Waals surface area contributed by atoms with Gasteiger partial charge in [0.2, 0.25) is 10.0 Å². The summed E-state index contributed by atoms with van der Waals surface area (Å²) in [7, 11) is -0.286. The Bertz CT molecular complexity index is 1070. The minimum Gasteiger partial charge on any atom is -0.493 e. The molecule has 0 radical (unpaired) electrons. The molecular formula is C18H25N3O5S3. The van der Waals surface area contributed by atoms with Crippen molar-refractivity contribution >= 4 is 49.2 Å². The van der Waals surface area contributed by atoms with Crippen molar-refractivity contribution in [2.45, 2.75) is 25.4 Å². The van der Waals surface area contributed by atoms with Crippen LogP contribution in [0.3, 0.4) is 0 Å². The van der Waals surface area contributed by atoms with Crippen molar-refractivity contribution < 1.29 is 22.7 Å². The highest BCUT2D eigenvalue weighted by molar-refractivity contribution is 7.98. The van der Waals surface area contributed by atoms with E-state index in [1.54, 1.807) is 26.0 Å². The first-order valence-corrected chi connectivity index (χ1v) is 13.2. The van der Waals surface area contributed by atoms with E-state index in [2.05, 4.69) is 4.99 Å². The second-order valence-corrected chi connectivity index (χ2v) is 10.6. The van der Waals surface area contributed by atoms with Crippen LogP contribution in [-0.2, 0) is 21.4 Å². The minimum absolute atomic E-state index is 0.359. The number of amides is 1. The molecule has 1 fully saturated rings. The van der Waals surface area contributed by atoms with E-state index in [9.17, 15) is 13.2 Å². The first-order chi connectivity index (χ1) is 13.8. The number of thiazole rings is 1. The number of carbonyl (C=O) groups excluding carboxylic acids is 1. The highest BCUT2D eigenvalue weighted by Crippen LogP contribution is 2.33. The van der Waals surface area contributed by atoms with Crippen molar-refractivity contribution in [3.05, 3.63) is 16.9 Å². The van der Waals surface area contributed by atoms with Gasteiger partial charge >= 0.3 is 0 Å². The number of ether oxygens (including phenoxy) is 2. The van der Waals surface area contributed by atoms with Gasteiger partial charge in [-0.15, -0.1) is 0 Å². The lowest BCUT2D eigenvalue weighted by atomic mass is 10.2. The zero-order valence-electron chi connectivity index (χ0n) is 16.9. The molecule has 2 aromatic rings. The molecule has 1 saturated heterocycles. The Morgan fingerprint density at radius 2 is 2.00 bits per heavy atom. The molecule has 0 saturated carbocycles. The van der Waals surface area contributed by atoms with Crippen molar-refractivity contribution in [1.29, 1.82) is 0 Å². The largest absolute Gasteiger partial charge is 0.493 e. The number of carbonyl (C=O) groups is 1. The molecule has 1 amide bonds. The molecule has 1 aromatic heterocycles. The standard InChI is InChI=1S/C18H25N3O5S3/c1-25-14-10-13-16(11-15(14)26-2)28-18(20(13)8-9-27-3)19-17(22)12-6-5-7-21(12)29(4,23)24/h10-12H,5-9H2,1-4H3. The van der Waals surface area contributed by atoms with Crippen LogP contribution in [0.4, 0.5) is 0 Å². The smallest absolute Gasteiger partial charge is 0.266 e. The SMILES string of the molecule is COc1cc2sc(=NC(=O)C3CCCN3S(C)(=O)=O)n(CCSC)c2cc1OC. The predicted molar refractivity (Wildman–Crippen MR) is 116 cm³/mol. The van der Waals surface area contributed by atoms with Gasteiger partial charge in [0.25, 0.3) is 5.91 Å². The van der Waals surface area contributed by atoms with E-state index < -0.39 is 22.0 Å². The summed E-state index contributed by atoms with van der Waals surface area (Å²) < 4.78 is 38.9. The summed E-state index contributed by atoms with van der Waals surface area (Å²) in [4.78, 5) is 17.8. The molecule has 0 N–H and O–H groups in total. The second-order valence-electron chi connectivity index (χ2n) is 6.69. The van der Waals surface area contributed by atoms with Gasteiger partial charge in [-0.2, -0.15) is 21.1 Å². The van der Waals surface area contributed by atoms with Gasteiger partial charge in [-0.05, 0) is 19.1 Å². The first kappa shape index (κ1) is 22.1. The number of aryl methyl sites for hydroxylation is 1. The number of aromatic nitrogens is 1. The van der Waals surface area contributed by atoms with Crippen molar-refractivity contribution in [2.24, 2.45) is 4.99 Å². The maximum atomic E-state index is 12.9. The van der Waals surface area contributed by atoms with Gasteiger partial charge in [-0.25, -0.2) is 8.42 Å². The average Bonchev–Trinajstić information content (AvgIpc) is 3.29. The quantitative estimate of drug-likeness (QED) is 0.629. The van der Waals surface area contributed by atoms with Crippen LogP contribution >= 0.6 is 23.1 Å². The summed E-state index contributed by atoms with van der Waals surface area (Å²) in [6.45, 7) is 1.03. The Morgan fingerprint density at radius 1 is 1.31 bits per heavy atom. The van der Waals surface area contributed by atoms with E-state index in [4.69, 9.17) is 9.47 Å². The van der Waals surface area contributed by atoms with Gasteiger partial charge in [-0.1, -0.05) is 11.3 Å². The summed E-state index contributed by atoms with van der Waals surface area (Å²) in [6, 6.07) is 3.02. The van der Waals surface area contributed by atoms with Crippen LogP contribution in [0.5, 0.6) is 11.5 Å². The summed E-state index contributed by atoms with van der Waals surface area (Å²) in [5.41, 5.74) is 0.902. The van der Waals surface area contributed by atoms with Gasteiger partial charge in [-0.3, -0.25) is 4.79 Å². The number of methoxy groups -OCH3 is 2. The number of benzene rings is 1. The fourth-order valence-electron chi connectivity index (χ4n) is 3.43. The molecule has 1 aliphatic heterocycles. The zero-order valence-corrected chi connectivity index (χ0v) is 19.3. The third-order valence-corrected chi connectivity index (χ3v) is 7.75. The van der Waals surface area contributed by atoms with Crippen LogP contribution in [0, 0.1) is 0 Å². The lowest BCUT2D eigenvalue weighted by Gasteiger charge is -2.18. The van der Waals surface area contributed by atoms with E-state index in [1.165, 1.54) is 15.6 Å². The van der Waals surface area contributed by atoms with Crippen LogP contribution in [0.15, 0.2) is 17.1 Å². The van der Waals surface area contributed by atoms with E-state index in [1.807, 2.05) is 23.0 Å². The molecule has 8 nitrogen and oxygen atoms in total. The molecule has 3 rings (SSSR count). The predicted octanol–water partition coefficient (Wildman–Crippen LogP) is 1.93. The van der Waals surface area contributed by atoms with Crippen molar-refractivity contribution in [2.75, 3.05) is 39.0 Å². The highest BCUT2D eigenvalue weighted by Gasteiger charge is 2.36. The molecule has 0 bridgehead atoms. The molecule has 0 spiro atoms. The van der Waals surface area contributed by atoms with E-state index in [0.29, 0.717) is 42.2 Å². The summed E-state index contributed by atoms with van der Waals surface area (Å²) >= 11 is 3.08. The molecule has 0 aliphatic carbocycles. The summed E-state index contributed by atoms with van der Waals surface area (Å²) in [5.74, 6) is 1.64. The van der Waals surface area contributed by atoms with Gasteiger partial charge in [0.15, 0.2) is 16.3 Å². The lowest BCUT2D eigenvalue weighted by Crippen LogP contribution is -2.40. The molecule has 160 valence electrons. The number of hydrogen-bond acceptors (Lipinski definition) is 7. The maximum Gasteiger partial charge on any atom is 0.266 e. The van der Waals surface area contributed by atoms with Crippen molar-refractivity contribution in [3.63, 3.8) is 0 Å². The number of sulfonamides is 1. The van der Waals surface area contributed by atoms with Crippen LogP contribution in [0.1, 0.15) is 12.8 Å². The number of rotatable bonds is 7. The third kappa shape index (κ3) is 4.62. The van der Waals surface area contributed by atoms with Crippen molar-refractivity contribution in [3.8, 4) is 11.5 Å². The zero-order chi connectivity index (χ0) is 21.2. The third-order valence-electron chi connectivity index (χ3n) is 4.83. The molecule has 2 heterocycles. The lowest BCUT2D eigenvalue weighted by molar-refractivity contribution is -0.121. The molecule has 29 heavy (non-hydrogen) atoms. The van der Waals surface area contributed by atoms with Crippen LogP contribution in [-0.4, -0.2) is 68.3 Å². The van der Waals surface area contributed by atoms with E-state index >= 15 is 0 Å². The highest BCUT2D eigenvalue weighted by atomic mass is 32.2. The second kappa shape index (κ2) is 9.07. The molecule has 11 heteroatoms. The Labute approximate surface area is 178 Å². The number of thioether (sulfide) groups is 1. The average molecular weight is 460 g/mol. The van der Waals surface area contributed by atoms with Crippen LogP contribution in [0.25, 0.3) is 10.2 Å². The van der Waals surface area contributed by atoms with Crippen LogP contribution in [0.2, 0.25) is 0 Å². The van der Waals surface area contributed by atoms with Gasteiger partial charge < -0.3 is 14.0 Å². The Hall–Kier alpha value is -1.56. The van der Waals surface area contributed by atoms with Gasteiger partial charge in [0.05, 0.1) is 30.7 Å². The topological polar surface area (TPSA) is 90.2 Å². The number of fused-ring (bicyclic) bond motifs is 1. The summed E-state index contributed by atoms with van der Waals surface area (Å²) in [6.07, 6.45) is 4.30.